The second-order valence-electron chi connectivity index (χ2n) is 4.11. The molecule has 0 spiro atoms. The fraction of sp³-hybridized carbons (Fsp3) is 0.0833. The van der Waals surface area contributed by atoms with E-state index in [9.17, 15) is 9.90 Å². The number of esters is 1. The molecule has 9 heteroatoms. The Kier molecular flexibility index (Phi) is 3.15. The van der Waals surface area contributed by atoms with Gasteiger partial charge in [-0.05, 0) is 24.4 Å². The van der Waals surface area contributed by atoms with Gasteiger partial charge in [-0.2, -0.15) is 0 Å². The predicted octanol–water partition coefficient (Wildman–Crippen LogP) is 0.267. The lowest BCUT2D eigenvalue weighted by molar-refractivity contribution is -0.136. The number of hydrogen-bond donors (Lipinski definition) is 2. The summed E-state index contributed by atoms with van der Waals surface area (Å²) in [6.07, 6.45) is 3.16. The fourth-order valence-corrected chi connectivity index (χ4v) is 2.89. The number of aromatic nitrogens is 1. The Labute approximate surface area is 126 Å². The average molecular weight is 323 g/mol. The average Bonchev–Trinajstić information content (AvgIpc) is 3.07. The summed E-state index contributed by atoms with van der Waals surface area (Å²) in [7, 11) is 1.28. The zero-order valence-electron chi connectivity index (χ0n) is 10.7. The third-order valence-electron chi connectivity index (χ3n) is 2.78. The second kappa shape index (κ2) is 4.86. The van der Waals surface area contributed by atoms with Crippen molar-refractivity contribution in [2.24, 2.45) is 4.99 Å². The molecule has 0 saturated heterocycles. The summed E-state index contributed by atoms with van der Waals surface area (Å²) in [5, 5.41) is 9.79. The van der Waals surface area contributed by atoms with Crippen molar-refractivity contribution in [1.29, 1.82) is 0 Å². The van der Waals surface area contributed by atoms with E-state index in [0.29, 0.717) is 25.4 Å². The summed E-state index contributed by atoms with van der Waals surface area (Å²) in [5.74, 6) is 4.88. The van der Waals surface area contributed by atoms with Gasteiger partial charge in [0.1, 0.15) is 5.42 Å². The van der Waals surface area contributed by atoms with Gasteiger partial charge in [-0.3, -0.25) is 0 Å². The Hall–Kier alpha value is -2.39. The summed E-state index contributed by atoms with van der Waals surface area (Å²) in [4.78, 5) is 15.8. The van der Waals surface area contributed by atoms with Crippen LogP contribution in [-0.4, -0.2) is 22.9 Å². The maximum absolute atomic E-state index is 11.3. The normalized spacial score (nSPS) is 13.8. The number of carbonyl (C=O) groups excluding carboxylic acids is 1. The molecule has 1 aliphatic heterocycles. The van der Waals surface area contributed by atoms with Crippen LogP contribution in [0.15, 0.2) is 21.2 Å². The first-order valence-electron chi connectivity index (χ1n) is 5.70. The third kappa shape index (κ3) is 2.26. The van der Waals surface area contributed by atoms with Crippen LogP contribution in [0.4, 0.5) is 0 Å². The Bertz CT molecular complexity index is 948. The standard InChI is InChI=1S/C12H9N3O4S2/c1-18-11(17)7-3-5-2-6(19-9(5)14-7)4-8-10(16)15(13)12(20)21-8/h2-4,16H,13H2,1H3/b6-4+. The van der Waals surface area contributed by atoms with E-state index in [1.165, 1.54) is 7.11 Å². The highest BCUT2D eigenvalue weighted by molar-refractivity contribution is 7.73. The number of thiazole rings is 1. The molecular weight excluding hydrogens is 314 g/mol. The van der Waals surface area contributed by atoms with Crippen molar-refractivity contribution >= 4 is 41.7 Å². The topological polar surface area (TPSA) is 103 Å². The van der Waals surface area contributed by atoms with E-state index in [0.717, 1.165) is 16.0 Å². The van der Waals surface area contributed by atoms with Crippen LogP contribution in [0, 0.1) is 3.95 Å². The van der Waals surface area contributed by atoms with Gasteiger partial charge < -0.3 is 20.1 Å². The van der Waals surface area contributed by atoms with Crippen molar-refractivity contribution in [3.8, 4) is 5.88 Å². The maximum atomic E-state index is 11.3. The zero-order valence-corrected chi connectivity index (χ0v) is 12.3. The molecule has 2 aromatic rings. The first-order valence-corrected chi connectivity index (χ1v) is 6.92. The number of nitrogens with zero attached hydrogens (tertiary/aromatic N) is 2. The lowest BCUT2D eigenvalue weighted by atomic mass is 10.3. The molecule has 7 nitrogen and oxygen atoms in total. The molecule has 108 valence electrons. The molecule has 0 aliphatic carbocycles. The molecule has 0 radical (unpaired) electrons. The largest absolute Gasteiger partial charge is 0.492 e. The summed E-state index contributed by atoms with van der Waals surface area (Å²) in [6, 6.07) is 1.69. The summed E-state index contributed by atoms with van der Waals surface area (Å²) < 4.78 is 11.4. The van der Waals surface area contributed by atoms with E-state index in [1.54, 1.807) is 18.2 Å². The minimum Gasteiger partial charge on any atom is -0.492 e. The molecule has 3 N–H and O–H groups in total. The minimum atomic E-state index is -0.525. The van der Waals surface area contributed by atoms with E-state index in [1.807, 2.05) is 0 Å². The number of hydrogen-bond acceptors (Lipinski definition) is 8. The number of aromatic hydroxyl groups is 1. The smallest absolute Gasteiger partial charge is 0.356 e. The van der Waals surface area contributed by atoms with Crippen LogP contribution in [0.1, 0.15) is 10.4 Å². The molecular formula is C12H9N3O4S2. The molecule has 0 amide bonds. The first kappa shape index (κ1) is 13.6. The maximum Gasteiger partial charge on any atom is 0.356 e. The molecule has 0 unspecified atom stereocenters. The number of fused-ring (bicyclic) bond motifs is 1. The van der Waals surface area contributed by atoms with Gasteiger partial charge >= 0.3 is 5.97 Å². The van der Waals surface area contributed by atoms with E-state index >= 15 is 0 Å². The number of methoxy groups -OCH3 is 1. The Morgan fingerprint density at radius 1 is 1.67 bits per heavy atom. The van der Waals surface area contributed by atoms with Gasteiger partial charge in [0.05, 0.1) is 12.0 Å². The Morgan fingerprint density at radius 2 is 2.43 bits per heavy atom. The zero-order chi connectivity index (χ0) is 15.1. The lowest BCUT2D eigenvalue weighted by Gasteiger charge is -1.93. The van der Waals surface area contributed by atoms with Crippen molar-refractivity contribution in [2.45, 2.75) is 0 Å². The quantitative estimate of drug-likeness (QED) is 0.467. The fourth-order valence-electron chi connectivity index (χ4n) is 1.79. The number of rotatable bonds is 2. The summed E-state index contributed by atoms with van der Waals surface area (Å²) in [5.41, 5.74) is 1.63. The van der Waals surface area contributed by atoms with Crippen molar-refractivity contribution in [3.05, 3.63) is 37.1 Å². The molecule has 0 bridgehead atoms. The Morgan fingerprint density at radius 3 is 3.00 bits per heavy atom. The molecule has 0 atom stereocenters. The van der Waals surface area contributed by atoms with Crippen molar-refractivity contribution in [1.82, 2.24) is 4.68 Å². The van der Waals surface area contributed by atoms with E-state index in [-0.39, 0.29) is 11.6 Å². The van der Waals surface area contributed by atoms with E-state index < -0.39 is 5.97 Å². The van der Waals surface area contributed by atoms with Crippen molar-refractivity contribution < 1.29 is 19.1 Å². The summed E-state index contributed by atoms with van der Waals surface area (Å²) in [6.45, 7) is 0. The molecule has 3 heterocycles. The van der Waals surface area contributed by atoms with E-state index in [2.05, 4.69) is 9.73 Å². The number of furan rings is 1. The highest BCUT2D eigenvalue weighted by Crippen LogP contribution is 2.24. The van der Waals surface area contributed by atoms with Crippen LogP contribution in [0.25, 0.3) is 12.2 Å². The predicted molar refractivity (Wildman–Crippen MR) is 78.0 cm³/mol. The number of nitrogens with two attached hydrogens (primary N) is 1. The molecule has 0 aromatic carbocycles. The minimum absolute atomic E-state index is 0.135. The number of nitrogen functional groups attached to an aromatic ring is 1. The van der Waals surface area contributed by atoms with Gasteiger partial charge in [-0.25, -0.2) is 14.5 Å². The van der Waals surface area contributed by atoms with Gasteiger partial charge in [0.2, 0.25) is 11.4 Å². The van der Waals surface area contributed by atoms with E-state index in [4.69, 9.17) is 22.5 Å². The SMILES string of the molecule is COC(=O)C1=Cc2c/c(=C\c3sc(=S)n(N)c3O)oc2=N1. The molecule has 3 rings (SSSR count). The van der Waals surface area contributed by atoms with Crippen LogP contribution < -0.4 is 16.8 Å². The summed E-state index contributed by atoms with van der Waals surface area (Å²) >= 11 is 6.12. The van der Waals surface area contributed by atoms with Gasteiger partial charge in [-0.15, -0.1) is 0 Å². The van der Waals surface area contributed by atoms with Crippen LogP contribution in [0.3, 0.4) is 0 Å². The third-order valence-corrected chi connectivity index (χ3v) is 4.12. The molecule has 0 fully saturated rings. The van der Waals surface area contributed by atoms with Gasteiger partial charge in [0.25, 0.3) is 0 Å². The van der Waals surface area contributed by atoms with Crippen LogP contribution in [0.2, 0.25) is 0 Å². The molecule has 21 heavy (non-hydrogen) atoms. The molecule has 2 aromatic heterocycles. The van der Waals surface area contributed by atoms with Gasteiger partial charge in [-0.1, -0.05) is 11.3 Å². The van der Waals surface area contributed by atoms with Crippen LogP contribution in [0.5, 0.6) is 5.88 Å². The second-order valence-corrected chi connectivity index (χ2v) is 5.79. The van der Waals surface area contributed by atoms with Crippen LogP contribution >= 0.6 is 23.6 Å². The monoisotopic (exact) mass is 323 g/mol. The number of ether oxygens (including phenoxy) is 1. The van der Waals surface area contributed by atoms with Gasteiger partial charge in [0.15, 0.2) is 9.65 Å². The highest BCUT2D eigenvalue weighted by atomic mass is 32.1. The van der Waals surface area contributed by atoms with Crippen molar-refractivity contribution in [3.63, 3.8) is 0 Å². The number of carbonyl (C=O) groups is 1. The lowest BCUT2D eigenvalue weighted by Crippen LogP contribution is -2.06. The highest BCUT2D eigenvalue weighted by Gasteiger charge is 2.17. The Balaban J connectivity index is 2.03. The first-order chi connectivity index (χ1) is 9.99. The van der Waals surface area contributed by atoms with Crippen LogP contribution in [-0.2, 0) is 9.53 Å². The molecule has 0 saturated carbocycles. The van der Waals surface area contributed by atoms with Gasteiger partial charge in [0, 0.05) is 11.6 Å². The molecule has 1 aliphatic rings. The van der Waals surface area contributed by atoms with Crippen molar-refractivity contribution in [2.75, 3.05) is 13.0 Å².